The van der Waals surface area contributed by atoms with Crippen LogP contribution in [0.15, 0.2) is 24.3 Å². The summed E-state index contributed by atoms with van der Waals surface area (Å²) in [5, 5.41) is 14.4. The Hall–Kier alpha value is -2.80. The highest BCUT2D eigenvalue weighted by Crippen LogP contribution is 2.23. The van der Waals surface area contributed by atoms with Gasteiger partial charge in [0.05, 0.1) is 19.2 Å². The van der Waals surface area contributed by atoms with Crippen molar-refractivity contribution in [3.05, 3.63) is 24.3 Å². The Morgan fingerprint density at radius 1 is 1.18 bits per heavy atom. The van der Waals surface area contributed by atoms with Crippen molar-refractivity contribution >= 4 is 17.5 Å². The maximum absolute atomic E-state index is 12.1. The van der Waals surface area contributed by atoms with Crippen molar-refractivity contribution in [1.82, 2.24) is 10.2 Å². The summed E-state index contributed by atoms with van der Waals surface area (Å²) in [5.74, 6) is -1.35. The minimum absolute atomic E-state index is 0.0978. The Balaban J connectivity index is 2.52. The van der Waals surface area contributed by atoms with Crippen LogP contribution in [0.5, 0.6) is 5.75 Å². The number of alkyl halides is 3. The quantitative estimate of drug-likeness (QED) is 0.699. The molecule has 0 bridgehead atoms. The summed E-state index contributed by atoms with van der Waals surface area (Å²) in [6, 6.07) is 6.76. The minimum Gasteiger partial charge on any atom is -0.406 e. The summed E-state index contributed by atoms with van der Waals surface area (Å²) in [4.78, 5) is 25.6. The number of nitriles is 1. The molecule has 0 heterocycles. The van der Waals surface area contributed by atoms with Crippen molar-refractivity contribution in [2.45, 2.75) is 32.7 Å². The summed E-state index contributed by atoms with van der Waals surface area (Å²) in [7, 11) is 1.55. The van der Waals surface area contributed by atoms with Gasteiger partial charge in [-0.3, -0.25) is 14.5 Å². The van der Waals surface area contributed by atoms with Gasteiger partial charge in [0.15, 0.2) is 0 Å². The molecule has 2 N–H and O–H groups in total. The van der Waals surface area contributed by atoms with Gasteiger partial charge in [-0.1, -0.05) is 13.8 Å². The number of nitrogens with one attached hydrogen (secondary N) is 2. The van der Waals surface area contributed by atoms with Crippen molar-refractivity contribution in [3.8, 4) is 11.8 Å². The fraction of sp³-hybridized carbons (Fsp3) is 0.500. The van der Waals surface area contributed by atoms with Gasteiger partial charge in [0.25, 0.3) is 0 Å². The van der Waals surface area contributed by atoms with E-state index < -0.39 is 29.5 Å². The lowest BCUT2D eigenvalue weighted by molar-refractivity contribution is -0.274. The first-order valence-electron chi connectivity index (χ1n) is 8.41. The molecule has 1 aromatic carbocycles. The van der Waals surface area contributed by atoms with Crippen LogP contribution in [0, 0.1) is 17.2 Å². The summed E-state index contributed by atoms with van der Waals surface area (Å²) in [6.07, 6.45) is -4.79. The van der Waals surface area contributed by atoms with Crippen LogP contribution in [-0.4, -0.2) is 48.8 Å². The molecule has 0 saturated carbocycles. The predicted octanol–water partition coefficient (Wildman–Crippen LogP) is 2.51. The van der Waals surface area contributed by atoms with Crippen molar-refractivity contribution in [2.24, 2.45) is 5.92 Å². The van der Waals surface area contributed by atoms with Gasteiger partial charge in [0, 0.05) is 5.69 Å². The van der Waals surface area contributed by atoms with Crippen molar-refractivity contribution in [1.29, 1.82) is 5.26 Å². The van der Waals surface area contributed by atoms with Crippen LogP contribution in [0.4, 0.5) is 18.9 Å². The lowest BCUT2D eigenvalue weighted by Crippen LogP contribution is -2.51. The third-order valence-electron chi connectivity index (χ3n) is 3.98. The lowest BCUT2D eigenvalue weighted by Gasteiger charge is -2.28. The summed E-state index contributed by atoms with van der Waals surface area (Å²) in [5.41, 5.74) is -0.727. The summed E-state index contributed by atoms with van der Waals surface area (Å²) in [6.45, 7) is 5.01. The number of amides is 2. The van der Waals surface area contributed by atoms with E-state index in [-0.39, 0.29) is 24.7 Å². The predicted molar refractivity (Wildman–Crippen MR) is 96.3 cm³/mol. The first-order chi connectivity index (χ1) is 12.8. The Kier molecular flexibility index (Phi) is 7.81. The van der Waals surface area contributed by atoms with Gasteiger partial charge in [-0.2, -0.15) is 5.26 Å². The molecular formula is C18H23F3N4O3. The minimum atomic E-state index is -4.79. The molecule has 7 nitrogen and oxygen atoms in total. The maximum Gasteiger partial charge on any atom is 0.573 e. The van der Waals surface area contributed by atoms with Gasteiger partial charge in [-0.05, 0) is 44.2 Å². The van der Waals surface area contributed by atoms with E-state index in [1.54, 1.807) is 14.0 Å². The smallest absolute Gasteiger partial charge is 0.406 e. The molecule has 1 rings (SSSR count). The highest BCUT2D eigenvalue weighted by Gasteiger charge is 2.31. The van der Waals surface area contributed by atoms with Gasteiger partial charge in [-0.25, -0.2) is 0 Å². The SMILES string of the molecule is CC(C)[C@@](C)(C#N)NC(=O)CN(C)CC(=O)Nc1ccc(OC(F)(F)F)cc1. The third kappa shape index (κ3) is 7.84. The van der Waals surface area contributed by atoms with Crippen molar-refractivity contribution in [2.75, 3.05) is 25.5 Å². The molecule has 0 aliphatic carbocycles. The number of carbonyl (C=O) groups excluding carboxylic acids is 2. The van der Waals surface area contributed by atoms with Gasteiger partial charge in [0.1, 0.15) is 11.3 Å². The van der Waals surface area contributed by atoms with Gasteiger partial charge in [0.2, 0.25) is 11.8 Å². The Bertz CT molecular complexity index is 729. The molecule has 1 atom stereocenters. The van der Waals surface area contributed by atoms with E-state index in [9.17, 15) is 28.0 Å². The van der Waals surface area contributed by atoms with Crippen LogP contribution in [-0.2, 0) is 9.59 Å². The number of nitrogens with zero attached hydrogens (tertiary/aromatic N) is 2. The molecule has 0 fully saturated rings. The van der Waals surface area contributed by atoms with Crippen molar-refractivity contribution < 1.29 is 27.5 Å². The van der Waals surface area contributed by atoms with Crippen LogP contribution in [0.1, 0.15) is 20.8 Å². The van der Waals surface area contributed by atoms with Crippen LogP contribution in [0.3, 0.4) is 0 Å². The molecule has 28 heavy (non-hydrogen) atoms. The summed E-state index contributed by atoms with van der Waals surface area (Å²) < 4.78 is 40.1. The fourth-order valence-corrected chi connectivity index (χ4v) is 2.12. The zero-order valence-electron chi connectivity index (χ0n) is 16.1. The van der Waals surface area contributed by atoms with E-state index in [1.165, 1.54) is 17.0 Å². The van der Waals surface area contributed by atoms with Crippen LogP contribution in [0.25, 0.3) is 0 Å². The highest BCUT2D eigenvalue weighted by molar-refractivity contribution is 5.92. The topological polar surface area (TPSA) is 94.5 Å². The monoisotopic (exact) mass is 400 g/mol. The van der Waals surface area contributed by atoms with Gasteiger partial charge in [-0.15, -0.1) is 13.2 Å². The molecule has 2 amide bonds. The average Bonchev–Trinajstić information content (AvgIpc) is 2.54. The molecule has 0 saturated heterocycles. The second kappa shape index (κ2) is 9.41. The molecule has 0 aliphatic rings. The Labute approximate surface area is 161 Å². The molecule has 0 radical (unpaired) electrons. The molecule has 0 spiro atoms. The molecule has 0 unspecified atom stereocenters. The average molecular weight is 400 g/mol. The standard InChI is InChI=1S/C18H23F3N4O3/c1-12(2)17(3,11-22)24-16(27)10-25(4)9-15(26)23-13-5-7-14(8-6-13)28-18(19,20)21/h5-8,12H,9-10H2,1-4H3,(H,23,26)(H,24,27)/t17-/m1/s1. The number of rotatable bonds is 8. The van der Waals surface area contributed by atoms with E-state index in [0.29, 0.717) is 0 Å². The molecule has 0 aliphatic heterocycles. The van der Waals surface area contributed by atoms with E-state index in [4.69, 9.17) is 0 Å². The van der Waals surface area contributed by atoms with Crippen LogP contribution < -0.4 is 15.4 Å². The number of ether oxygens (including phenoxy) is 1. The van der Waals surface area contributed by atoms with Crippen molar-refractivity contribution in [3.63, 3.8) is 0 Å². The molecular weight excluding hydrogens is 377 g/mol. The fourth-order valence-electron chi connectivity index (χ4n) is 2.12. The van der Waals surface area contributed by atoms with Gasteiger partial charge >= 0.3 is 6.36 Å². The van der Waals surface area contributed by atoms with E-state index in [0.717, 1.165) is 12.1 Å². The highest BCUT2D eigenvalue weighted by atomic mass is 19.4. The molecule has 1 aromatic rings. The van der Waals surface area contributed by atoms with E-state index in [1.807, 2.05) is 13.8 Å². The summed E-state index contributed by atoms with van der Waals surface area (Å²) >= 11 is 0. The maximum atomic E-state index is 12.1. The second-order valence-electron chi connectivity index (χ2n) is 6.81. The Morgan fingerprint density at radius 3 is 2.18 bits per heavy atom. The molecule has 154 valence electrons. The first kappa shape index (κ1) is 23.2. The number of hydrogen-bond acceptors (Lipinski definition) is 5. The van der Waals surface area contributed by atoms with Gasteiger partial charge < -0.3 is 15.4 Å². The van der Waals surface area contributed by atoms with Crippen LogP contribution in [0.2, 0.25) is 0 Å². The number of hydrogen-bond donors (Lipinski definition) is 2. The number of benzene rings is 1. The number of halogens is 3. The normalized spacial score (nSPS) is 13.6. The molecule has 10 heteroatoms. The third-order valence-corrected chi connectivity index (χ3v) is 3.98. The van der Waals surface area contributed by atoms with E-state index in [2.05, 4.69) is 21.4 Å². The van der Waals surface area contributed by atoms with E-state index >= 15 is 0 Å². The number of likely N-dealkylation sites (N-methyl/N-ethyl adjacent to an activating group) is 1. The lowest BCUT2D eigenvalue weighted by atomic mass is 9.90. The number of carbonyl (C=O) groups is 2. The zero-order valence-corrected chi connectivity index (χ0v) is 16.1. The zero-order chi connectivity index (χ0) is 21.5. The second-order valence-corrected chi connectivity index (χ2v) is 6.81. The van der Waals surface area contributed by atoms with Crippen LogP contribution >= 0.6 is 0 Å². The Morgan fingerprint density at radius 2 is 1.71 bits per heavy atom. The molecule has 0 aromatic heterocycles. The first-order valence-corrected chi connectivity index (χ1v) is 8.41. The number of anilines is 1. The largest absolute Gasteiger partial charge is 0.573 e.